The van der Waals surface area contributed by atoms with E-state index < -0.39 is 6.10 Å². The number of aryl methyl sites for hydroxylation is 1. The number of pyridine rings is 1. The van der Waals surface area contributed by atoms with Crippen molar-refractivity contribution in [3.05, 3.63) is 75.1 Å². The Bertz CT molecular complexity index is 765. The minimum Gasteiger partial charge on any atom is -0.384 e. The Labute approximate surface area is 131 Å². The maximum absolute atomic E-state index is 10.8. The van der Waals surface area contributed by atoms with Crippen LogP contribution < -0.4 is 0 Å². The first kappa shape index (κ1) is 13.5. The highest BCUT2D eigenvalue weighted by Gasteiger charge is 2.17. The average Bonchev–Trinajstić information content (AvgIpc) is 2.49. The minimum absolute atomic E-state index is 0.652. The molecule has 0 aliphatic heterocycles. The van der Waals surface area contributed by atoms with E-state index in [-0.39, 0.29) is 0 Å². The number of halogens is 1. The quantitative estimate of drug-likeness (QED) is 0.680. The Morgan fingerprint density at radius 2 is 1.80 bits per heavy atom. The van der Waals surface area contributed by atoms with Crippen LogP contribution in [0.4, 0.5) is 0 Å². The fraction of sp³-hybridized carbons (Fsp3) is 0.118. The van der Waals surface area contributed by atoms with Gasteiger partial charge in [-0.3, -0.25) is 4.98 Å². The molecular formula is C17H14INO. The molecule has 20 heavy (non-hydrogen) atoms. The molecule has 1 aromatic heterocycles. The summed E-state index contributed by atoms with van der Waals surface area (Å²) < 4.78 is 1.10. The predicted octanol–water partition coefficient (Wildman–Crippen LogP) is 4.23. The molecule has 3 aromatic rings. The normalized spacial score (nSPS) is 12.6. The number of nitrogens with zero attached hydrogens (tertiary/aromatic N) is 1. The summed E-state index contributed by atoms with van der Waals surface area (Å²) in [7, 11) is 0. The summed E-state index contributed by atoms with van der Waals surface area (Å²) in [5, 5.41) is 12.8. The SMILES string of the molecule is Cc1cccc(C(O)c2cncc3ccccc23)c1I. The zero-order valence-corrected chi connectivity index (χ0v) is 13.2. The molecule has 3 heteroatoms. The number of aromatic nitrogens is 1. The molecule has 2 aromatic carbocycles. The van der Waals surface area contributed by atoms with Crippen molar-refractivity contribution in [2.45, 2.75) is 13.0 Å². The Morgan fingerprint density at radius 1 is 1.00 bits per heavy atom. The van der Waals surface area contributed by atoms with Crippen molar-refractivity contribution in [2.75, 3.05) is 0 Å². The third-order valence-electron chi connectivity index (χ3n) is 3.51. The number of fused-ring (bicyclic) bond motifs is 1. The van der Waals surface area contributed by atoms with Gasteiger partial charge in [0.2, 0.25) is 0 Å². The molecule has 1 unspecified atom stereocenters. The third kappa shape index (κ3) is 2.31. The lowest BCUT2D eigenvalue weighted by Gasteiger charge is -2.16. The van der Waals surface area contributed by atoms with Crippen LogP contribution in [0.1, 0.15) is 22.8 Å². The first-order valence-electron chi connectivity index (χ1n) is 6.44. The molecule has 0 saturated heterocycles. The van der Waals surface area contributed by atoms with Gasteiger partial charge in [-0.2, -0.15) is 0 Å². The molecule has 1 atom stereocenters. The molecule has 1 heterocycles. The first-order valence-corrected chi connectivity index (χ1v) is 7.52. The number of hydrogen-bond donors (Lipinski definition) is 1. The van der Waals surface area contributed by atoms with Crippen molar-refractivity contribution in [1.29, 1.82) is 0 Å². The van der Waals surface area contributed by atoms with Crippen molar-refractivity contribution in [3.63, 3.8) is 0 Å². The average molecular weight is 375 g/mol. The Kier molecular flexibility index (Phi) is 3.72. The van der Waals surface area contributed by atoms with Crippen LogP contribution in [0.3, 0.4) is 0 Å². The molecule has 0 bridgehead atoms. The summed E-state index contributed by atoms with van der Waals surface area (Å²) in [5.41, 5.74) is 2.96. The van der Waals surface area contributed by atoms with Crippen molar-refractivity contribution in [2.24, 2.45) is 0 Å². The van der Waals surface area contributed by atoms with Crippen LogP contribution in [0, 0.1) is 10.5 Å². The van der Waals surface area contributed by atoms with E-state index >= 15 is 0 Å². The smallest absolute Gasteiger partial charge is 0.107 e. The lowest BCUT2D eigenvalue weighted by Crippen LogP contribution is -2.04. The number of hydrogen-bond acceptors (Lipinski definition) is 2. The summed E-state index contributed by atoms with van der Waals surface area (Å²) >= 11 is 2.29. The van der Waals surface area contributed by atoms with Crippen LogP contribution in [0.15, 0.2) is 54.9 Å². The number of aliphatic hydroxyl groups excluding tert-OH is 1. The summed E-state index contributed by atoms with van der Waals surface area (Å²) in [4.78, 5) is 4.25. The first-order chi connectivity index (χ1) is 9.68. The summed E-state index contributed by atoms with van der Waals surface area (Å²) in [6, 6.07) is 14.0. The molecule has 0 saturated carbocycles. The second-order valence-electron chi connectivity index (χ2n) is 4.83. The monoisotopic (exact) mass is 375 g/mol. The largest absolute Gasteiger partial charge is 0.384 e. The molecule has 0 spiro atoms. The van der Waals surface area contributed by atoms with Gasteiger partial charge < -0.3 is 5.11 Å². The van der Waals surface area contributed by atoms with Crippen molar-refractivity contribution in [1.82, 2.24) is 4.98 Å². The topological polar surface area (TPSA) is 33.1 Å². The van der Waals surface area contributed by atoms with Crippen molar-refractivity contribution in [3.8, 4) is 0 Å². The zero-order valence-electron chi connectivity index (χ0n) is 11.0. The third-order valence-corrected chi connectivity index (χ3v) is 4.98. The molecule has 3 rings (SSSR count). The van der Waals surface area contributed by atoms with Gasteiger partial charge in [-0.15, -0.1) is 0 Å². The molecule has 0 fully saturated rings. The Morgan fingerprint density at radius 3 is 2.65 bits per heavy atom. The fourth-order valence-electron chi connectivity index (χ4n) is 2.41. The van der Waals surface area contributed by atoms with Gasteiger partial charge >= 0.3 is 0 Å². The van der Waals surface area contributed by atoms with E-state index in [0.717, 1.165) is 25.5 Å². The number of benzene rings is 2. The maximum atomic E-state index is 10.8. The molecular weight excluding hydrogens is 361 g/mol. The Hall–Kier alpha value is -1.46. The highest BCUT2D eigenvalue weighted by Crippen LogP contribution is 2.31. The van der Waals surface area contributed by atoms with Crippen LogP contribution in [0.5, 0.6) is 0 Å². The second kappa shape index (κ2) is 5.50. The minimum atomic E-state index is -0.652. The van der Waals surface area contributed by atoms with Gasteiger partial charge in [-0.25, -0.2) is 0 Å². The highest BCUT2D eigenvalue weighted by molar-refractivity contribution is 14.1. The van der Waals surface area contributed by atoms with Gasteiger partial charge in [0, 0.05) is 26.9 Å². The van der Waals surface area contributed by atoms with E-state index in [4.69, 9.17) is 0 Å². The summed E-state index contributed by atoms with van der Waals surface area (Å²) in [6.45, 7) is 2.05. The van der Waals surface area contributed by atoms with Gasteiger partial charge in [-0.1, -0.05) is 42.5 Å². The molecule has 2 nitrogen and oxygen atoms in total. The van der Waals surface area contributed by atoms with Crippen molar-refractivity contribution < 1.29 is 5.11 Å². The summed E-state index contributed by atoms with van der Waals surface area (Å²) in [6.07, 6.45) is 2.93. The lowest BCUT2D eigenvalue weighted by atomic mass is 9.97. The van der Waals surface area contributed by atoms with Crippen LogP contribution >= 0.6 is 22.6 Å². The molecule has 0 aliphatic rings. The molecule has 0 amide bonds. The van der Waals surface area contributed by atoms with Crippen LogP contribution in [0.2, 0.25) is 0 Å². The van der Waals surface area contributed by atoms with E-state index in [0.29, 0.717) is 0 Å². The standard InChI is InChI=1S/C17H14INO/c1-11-5-4-8-14(16(11)18)17(20)15-10-19-9-12-6-2-3-7-13(12)15/h2-10,17,20H,1H3. The molecule has 1 N–H and O–H groups in total. The van der Waals surface area contributed by atoms with Crippen LogP contribution in [-0.4, -0.2) is 10.1 Å². The van der Waals surface area contributed by atoms with Gasteiger partial charge in [0.25, 0.3) is 0 Å². The Balaban J connectivity index is 2.18. The molecule has 0 radical (unpaired) electrons. The maximum Gasteiger partial charge on any atom is 0.107 e. The number of rotatable bonds is 2. The summed E-state index contributed by atoms with van der Waals surface area (Å²) in [5.74, 6) is 0. The van der Waals surface area contributed by atoms with E-state index in [1.54, 1.807) is 6.20 Å². The van der Waals surface area contributed by atoms with E-state index in [1.165, 1.54) is 5.56 Å². The zero-order chi connectivity index (χ0) is 14.1. The lowest BCUT2D eigenvalue weighted by molar-refractivity contribution is 0.220. The van der Waals surface area contributed by atoms with E-state index in [2.05, 4.69) is 40.6 Å². The fourth-order valence-corrected chi connectivity index (χ4v) is 3.06. The van der Waals surface area contributed by atoms with Crippen molar-refractivity contribution >= 4 is 33.4 Å². The second-order valence-corrected chi connectivity index (χ2v) is 5.91. The molecule has 0 aliphatic carbocycles. The van der Waals surface area contributed by atoms with E-state index in [9.17, 15) is 5.11 Å². The highest BCUT2D eigenvalue weighted by atomic mass is 127. The van der Waals surface area contributed by atoms with Gasteiger partial charge in [0.05, 0.1) is 0 Å². The molecule has 100 valence electrons. The van der Waals surface area contributed by atoms with E-state index in [1.807, 2.05) is 42.6 Å². The van der Waals surface area contributed by atoms with Crippen LogP contribution in [0.25, 0.3) is 10.8 Å². The van der Waals surface area contributed by atoms with Gasteiger partial charge in [0.1, 0.15) is 6.10 Å². The number of aliphatic hydroxyl groups is 1. The van der Waals surface area contributed by atoms with Crippen LogP contribution in [-0.2, 0) is 0 Å². The van der Waals surface area contributed by atoms with Gasteiger partial charge in [0.15, 0.2) is 0 Å². The van der Waals surface area contributed by atoms with Gasteiger partial charge in [-0.05, 0) is 46.0 Å². The predicted molar refractivity (Wildman–Crippen MR) is 89.7 cm³/mol.